The average Bonchev–Trinajstić information content (AvgIpc) is 2.48. The van der Waals surface area contributed by atoms with Crippen molar-refractivity contribution in [2.45, 2.75) is 6.42 Å². The number of rotatable bonds is 6. The van der Waals surface area contributed by atoms with Crippen LogP contribution in [-0.2, 0) is 6.42 Å². The van der Waals surface area contributed by atoms with Crippen molar-refractivity contribution in [2.24, 2.45) is 0 Å². The third-order valence-corrected chi connectivity index (χ3v) is 2.75. The molecular weight excluding hydrogens is 276 g/mol. The molecule has 0 bridgehead atoms. The van der Waals surface area contributed by atoms with E-state index in [0.717, 1.165) is 17.8 Å². The van der Waals surface area contributed by atoms with E-state index >= 15 is 0 Å². The second kappa shape index (κ2) is 6.47. The Morgan fingerprint density at radius 2 is 2.14 bits per heavy atom. The summed E-state index contributed by atoms with van der Waals surface area (Å²) < 4.78 is 5.41. The number of aromatic carboxylic acids is 1. The number of nitrogens with zero attached hydrogens (tertiary/aromatic N) is 2. The molecule has 7 heteroatoms. The molecule has 0 atom stereocenters. The quantitative estimate of drug-likeness (QED) is 0.646. The standard InChI is InChI=1S/C14H12N2O5/c17-14(18)12-9-11(4-5-13(12)16(19)20)21-8-6-10-3-1-2-7-15-10/h1-5,7,9H,6,8H2,(H,17,18). The first-order valence-corrected chi connectivity index (χ1v) is 6.12. The van der Waals surface area contributed by atoms with Crippen LogP contribution in [0.1, 0.15) is 16.1 Å². The molecule has 0 saturated heterocycles. The van der Waals surface area contributed by atoms with E-state index < -0.39 is 22.1 Å². The van der Waals surface area contributed by atoms with Crippen molar-refractivity contribution in [3.63, 3.8) is 0 Å². The highest BCUT2D eigenvalue weighted by atomic mass is 16.6. The van der Waals surface area contributed by atoms with Crippen molar-refractivity contribution >= 4 is 11.7 Å². The first-order chi connectivity index (χ1) is 10.1. The van der Waals surface area contributed by atoms with Crippen molar-refractivity contribution in [2.75, 3.05) is 6.61 Å². The van der Waals surface area contributed by atoms with Crippen LogP contribution in [-0.4, -0.2) is 27.6 Å². The molecule has 1 N–H and O–H groups in total. The van der Waals surface area contributed by atoms with E-state index in [9.17, 15) is 14.9 Å². The van der Waals surface area contributed by atoms with Gasteiger partial charge in [0.2, 0.25) is 0 Å². The van der Waals surface area contributed by atoms with Crippen LogP contribution in [0.15, 0.2) is 42.6 Å². The zero-order chi connectivity index (χ0) is 15.2. The number of carboxylic acids is 1. The van der Waals surface area contributed by atoms with Gasteiger partial charge in [-0.1, -0.05) is 6.07 Å². The third-order valence-electron chi connectivity index (χ3n) is 2.75. The van der Waals surface area contributed by atoms with E-state index in [1.807, 2.05) is 12.1 Å². The molecule has 7 nitrogen and oxygen atoms in total. The monoisotopic (exact) mass is 288 g/mol. The molecule has 0 fully saturated rings. The lowest BCUT2D eigenvalue weighted by molar-refractivity contribution is -0.385. The second-order valence-electron chi connectivity index (χ2n) is 4.16. The summed E-state index contributed by atoms with van der Waals surface area (Å²) in [6.45, 7) is 0.299. The van der Waals surface area contributed by atoms with Gasteiger partial charge in [-0.05, 0) is 18.2 Å². The van der Waals surface area contributed by atoms with Crippen molar-refractivity contribution < 1.29 is 19.6 Å². The molecule has 2 aromatic rings. The summed E-state index contributed by atoms with van der Waals surface area (Å²) in [4.78, 5) is 25.1. The lowest BCUT2D eigenvalue weighted by atomic mass is 10.1. The van der Waals surface area contributed by atoms with Crippen LogP contribution in [0.5, 0.6) is 5.75 Å². The van der Waals surface area contributed by atoms with Gasteiger partial charge in [0.25, 0.3) is 5.69 Å². The van der Waals surface area contributed by atoms with Crippen molar-refractivity contribution in [1.29, 1.82) is 0 Å². The normalized spacial score (nSPS) is 10.1. The van der Waals surface area contributed by atoms with Gasteiger partial charge in [0.05, 0.1) is 11.5 Å². The van der Waals surface area contributed by atoms with Gasteiger partial charge in [-0.15, -0.1) is 0 Å². The Kier molecular flexibility index (Phi) is 4.45. The number of pyridine rings is 1. The maximum atomic E-state index is 11.0. The van der Waals surface area contributed by atoms with Gasteiger partial charge in [-0.25, -0.2) is 4.79 Å². The fourth-order valence-corrected chi connectivity index (χ4v) is 1.75. The van der Waals surface area contributed by atoms with Crippen molar-refractivity contribution in [3.05, 3.63) is 64.0 Å². The highest BCUT2D eigenvalue weighted by Gasteiger charge is 2.20. The number of carbonyl (C=O) groups is 1. The third kappa shape index (κ3) is 3.75. The Bertz CT molecular complexity index is 658. The minimum absolute atomic E-state index is 0.272. The molecule has 2 rings (SSSR count). The van der Waals surface area contributed by atoms with Crippen LogP contribution in [0.4, 0.5) is 5.69 Å². The lowest BCUT2D eigenvalue weighted by Gasteiger charge is -2.07. The Hall–Kier alpha value is -2.96. The molecule has 1 aromatic heterocycles. The number of benzene rings is 1. The van der Waals surface area contributed by atoms with E-state index in [-0.39, 0.29) is 5.75 Å². The van der Waals surface area contributed by atoms with Crippen molar-refractivity contribution in [1.82, 2.24) is 4.98 Å². The van der Waals surface area contributed by atoms with E-state index in [1.165, 1.54) is 6.07 Å². The molecule has 0 amide bonds. The summed E-state index contributed by atoms with van der Waals surface area (Å²) in [5.41, 5.74) is -0.00668. The molecule has 0 aliphatic heterocycles. The van der Waals surface area contributed by atoms with Crippen LogP contribution in [0.3, 0.4) is 0 Å². The predicted octanol–water partition coefficient (Wildman–Crippen LogP) is 2.31. The van der Waals surface area contributed by atoms with Crippen LogP contribution in [0, 0.1) is 10.1 Å². The van der Waals surface area contributed by atoms with E-state index in [0.29, 0.717) is 13.0 Å². The van der Waals surface area contributed by atoms with Gasteiger partial charge < -0.3 is 9.84 Å². The predicted molar refractivity (Wildman–Crippen MR) is 73.5 cm³/mol. The van der Waals surface area contributed by atoms with Gasteiger partial charge in [0, 0.05) is 30.4 Å². The molecule has 0 saturated carbocycles. The zero-order valence-corrected chi connectivity index (χ0v) is 10.9. The van der Waals surface area contributed by atoms with E-state index in [4.69, 9.17) is 9.84 Å². The fourth-order valence-electron chi connectivity index (χ4n) is 1.75. The van der Waals surface area contributed by atoms with Crippen LogP contribution >= 0.6 is 0 Å². The first kappa shape index (κ1) is 14.4. The summed E-state index contributed by atoms with van der Waals surface area (Å²) in [7, 11) is 0. The Morgan fingerprint density at radius 1 is 1.33 bits per heavy atom. The number of nitro benzene ring substituents is 1. The van der Waals surface area contributed by atoms with Gasteiger partial charge in [0.15, 0.2) is 0 Å². The number of carboxylic acid groups (broad SMARTS) is 1. The smallest absolute Gasteiger partial charge is 0.342 e. The van der Waals surface area contributed by atoms with Gasteiger partial charge >= 0.3 is 5.97 Å². The maximum Gasteiger partial charge on any atom is 0.342 e. The van der Waals surface area contributed by atoms with Crippen LogP contribution < -0.4 is 4.74 Å². The Morgan fingerprint density at radius 3 is 2.76 bits per heavy atom. The van der Waals surface area contributed by atoms with Gasteiger partial charge in [-0.3, -0.25) is 15.1 Å². The summed E-state index contributed by atoms with van der Waals surface area (Å²) in [6, 6.07) is 9.17. The van der Waals surface area contributed by atoms with Gasteiger partial charge in [0.1, 0.15) is 11.3 Å². The van der Waals surface area contributed by atoms with Gasteiger partial charge in [-0.2, -0.15) is 0 Å². The minimum atomic E-state index is -1.36. The SMILES string of the molecule is O=C(O)c1cc(OCCc2ccccn2)ccc1[N+](=O)[O-]. The van der Waals surface area contributed by atoms with Crippen LogP contribution in [0.2, 0.25) is 0 Å². The summed E-state index contributed by atoms with van der Waals surface area (Å²) >= 11 is 0. The van der Waals surface area contributed by atoms with Crippen molar-refractivity contribution in [3.8, 4) is 5.75 Å². The Labute approximate surface area is 120 Å². The molecule has 0 aliphatic rings. The first-order valence-electron chi connectivity index (χ1n) is 6.12. The molecule has 0 radical (unpaired) electrons. The number of hydrogen-bond acceptors (Lipinski definition) is 5. The molecule has 0 aliphatic carbocycles. The highest BCUT2D eigenvalue weighted by Crippen LogP contribution is 2.24. The summed E-state index contributed by atoms with van der Waals surface area (Å²) in [5, 5.41) is 19.7. The fraction of sp³-hybridized carbons (Fsp3) is 0.143. The number of hydrogen-bond donors (Lipinski definition) is 1. The largest absolute Gasteiger partial charge is 0.493 e. The minimum Gasteiger partial charge on any atom is -0.493 e. The average molecular weight is 288 g/mol. The molecule has 108 valence electrons. The molecule has 1 heterocycles. The molecule has 21 heavy (non-hydrogen) atoms. The molecular formula is C14H12N2O5. The van der Waals surface area contributed by atoms with E-state index in [2.05, 4.69) is 4.98 Å². The Balaban J connectivity index is 2.05. The second-order valence-corrected chi connectivity index (χ2v) is 4.16. The summed E-state index contributed by atoms with van der Waals surface area (Å²) in [5.74, 6) is -1.09. The van der Waals surface area contributed by atoms with Crippen LogP contribution in [0.25, 0.3) is 0 Å². The number of aromatic nitrogens is 1. The zero-order valence-electron chi connectivity index (χ0n) is 10.9. The maximum absolute atomic E-state index is 11.0. The topological polar surface area (TPSA) is 103 Å². The number of ether oxygens (including phenoxy) is 1. The molecule has 1 aromatic carbocycles. The number of nitro groups is 1. The molecule has 0 spiro atoms. The summed E-state index contributed by atoms with van der Waals surface area (Å²) in [6.07, 6.45) is 2.23. The van der Waals surface area contributed by atoms with E-state index in [1.54, 1.807) is 12.3 Å². The lowest BCUT2D eigenvalue weighted by Crippen LogP contribution is -2.06. The molecule has 0 unspecified atom stereocenters. The highest BCUT2D eigenvalue weighted by molar-refractivity contribution is 5.92.